The quantitative estimate of drug-likeness (QED) is 0.230. The first kappa shape index (κ1) is 25.1. The molecule has 1 amide bonds. The number of aromatic nitrogens is 3. The fraction of sp³-hybridized carbons (Fsp3) is 0.188. The van der Waals surface area contributed by atoms with Crippen LogP contribution in [0.4, 0.5) is 11.8 Å². The van der Waals surface area contributed by atoms with Crippen molar-refractivity contribution in [2.24, 2.45) is 0 Å². The van der Waals surface area contributed by atoms with Crippen molar-refractivity contribution < 1.29 is 4.79 Å². The molecule has 6 rings (SSSR count). The summed E-state index contributed by atoms with van der Waals surface area (Å²) in [7, 11) is 0. The Balaban J connectivity index is 1.27. The Morgan fingerprint density at radius 2 is 1.68 bits per heavy atom. The van der Waals surface area contributed by atoms with Crippen molar-refractivity contribution >= 4 is 28.4 Å². The number of anilines is 2. The summed E-state index contributed by atoms with van der Waals surface area (Å²) in [5, 5.41) is 21.2. The average molecular weight is 528 g/mol. The highest BCUT2D eigenvalue weighted by Gasteiger charge is 2.24. The van der Waals surface area contributed by atoms with Gasteiger partial charge < -0.3 is 20.5 Å². The van der Waals surface area contributed by atoms with Gasteiger partial charge >= 0.3 is 0 Å². The molecule has 0 unspecified atom stereocenters. The minimum absolute atomic E-state index is 0.143. The summed E-state index contributed by atoms with van der Waals surface area (Å²) in [6.45, 7) is 0.354. The van der Waals surface area contributed by atoms with E-state index in [1.807, 2.05) is 59.4 Å². The predicted molar refractivity (Wildman–Crippen MR) is 156 cm³/mol. The molecule has 198 valence electrons. The van der Waals surface area contributed by atoms with E-state index < -0.39 is 6.04 Å². The molecule has 5 aromatic rings. The zero-order valence-electron chi connectivity index (χ0n) is 21.9. The normalized spacial score (nSPS) is 13.4. The molecule has 3 aromatic carbocycles. The highest BCUT2D eigenvalue weighted by Crippen LogP contribution is 2.25. The van der Waals surface area contributed by atoms with Gasteiger partial charge in [0.05, 0.1) is 11.6 Å². The van der Waals surface area contributed by atoms with E-state index in [-0.39, 0.29) is 5.91 Å². The Kier molecular flexibility index (Phi) is 7.10. The van der Waals surface area contributed by atoms with Crippen LogP contribution < -0.4 is 16.0 Å². The number of carbonyl (C=O) groups excluding carboxylic acids is 1. The summed E-state index contributed by atoms with van der Waals surface area (Å²) in [5.74, 6) is 1.68. The summed E-state index contributed by atoms with van der Waals surface area (Å²) < 4.78 is 1.92. The summed E-state index contributed by atoms with van der Waals surface area (Å²) >= 11 is 0. The Labute approximate surface area is 232 Å². The SMILES string of the molecule is N#Cc1ccc(CNC(=O)[C@@H](Cc2ccc3ccccc3c2)Nc2cc(-n3cccc3)nc(NC3CC3)n2)cc1. The van der Waals surface area contributed by atoms with Crippen molar-refractivity contribution in [3.05, 3.63) is 114 Å². The van der Waals surface area contributed by atoms with Crippen molar-refractivity contribution in [2.45, 2.75) is 37.9 Å². The van der Waals surface area contributed by atoms with Crippen molar-refractivity contribution in [1.29, 1.82) is 5.26 Å². The number of nitrogens with one attached hydrogen (secondary N) is 3. The van der Waals surface area contributed by atoms with Crippen LogP contribution in [0, 0.1) is 11.3 Å². The monoisotopic (exact) mass is 527 g/mol. The molecule has 0 radical (unpaired) electrons. The maximum atomic E-state index is 13.6. The van der Waals surface area contributed by atoms with Crippen molar-refractivity contribution in [3.63, 3.8) is 0 Å². The van der Waals surface area contributed by atoms with E-state index in [1.165, 1.54) is 0 Å². The molecule has 0 bridgehead atoms. The van der Waals surface area contributed by atoms with E-state index in [9.17, 15) is 4.79 Å². The molecule has 1 saturated carbocycles. The molecule has 1 fully saturated rings. The van der Waals surface area contributed by atoms with Gasteiger partial charge in [0.2, 0.25) is 11.9 Å². The lowest BCUT2D eigenvalue weighted by molar-refractivity contribution is -0.122. The van der Waals surface area contributed by atoms with E-state index in [1.54, 1.807) is 12.1 Å². The van der Waals surface area contributed by atoms with Crippen LogP contribution >= 0.6 is 0 Å². The molecule has 2 aromatic heterocycles. The third kappa shape index (κ3) is 6.11. The van der Waals surface area contributed by atoms with Crippen LogP contribution in [-0.2, 0) is 17.8 Å². The van der Waals surface area contributed by atoms with E-state index in [0.717, 1.165) is 34.7 Å². The van der Waals surface area contributed by atoms with E-state index in [4.69, 9.17) is 15.2 Å². The molecule has 40 heavy (non-hydrogen) atoms. The molecule has 8 nitrogen and oxygen atoms in total. The Bertz CT molecular complexity index is 1670. The number of fused-ring (bicyclic) bond motifs is 1. The lowest BCUT2D eigenvalue weighted by Crippen LogP contribution is -2.41. The zero-order valence-corrected chi connectivity index (χ0v) is 21.9. The average Bonchev–Trinajstić information content (AvgIpc) is 3.62. The van der Waals surface area contributed by atoms with E-state index in [0.29, 0.717) is 42.2 Å². The Morgan fingerprint density at radius 1 is 0.925 bits per heavy atom. The molecule has 0 aliphatic heterocycles. The van der Waals surface area contributed by atoms with Crippen LogP contribution in [-0.4, -0.2) is 32.5 Å². The number of nitriles is 1. The van der Waals surface area contributed by atoms with Gasteiger partial charge in [-0.1, -0.05) is 54.6 Å². The standard InChI is InChI=1S/C32H29N7O/c33-20-22-7-9-23(10-8-22)21-34-31(40)28(18-24-11-12-25-5-1-2-6-26(25)17-24)36-29-19-30(39-15-3-4-16-39)38-32(37-29)35-27-13-14-27/h1-12,15-17,19,27-28H,13-14,18,21H2,(H,34,40)(H2,35,36,37,38)/t28-/m1/s1. The minimum atomic E-state index is -0.583. The topological polar surface area (TPSA) is 108 Å². The first-order valence-electron chi connectivity index (χ1n) is 13.4. The number of amides is 1. The largest absolute Gasteiger partial charge is 0.358 e. The second-order valence-electron chi connectivity index (χ2n) is 10.1. The highest BCUT2D eigenvalue weighted by atomic mass is 16.2. The third-order valence-corrected chi connectivity index (χ3v) is 6.93. The molecule has 1 aliphatic carbocycles. The van der Waals surface area contributed by atoms with Gasteiger partial charge in [0.1, 0.15) is 17.7 Å². The molecule has 0 spiro atoms. The van der Waals surface area contributed by atoms with Gasteiger partial charge in [-0.05, 0) is 59.0 Å². The van der Waals surface area contributed by atoms with Crippen molar-refractivity contribution in [2.75, 3.05) is 10.6 Å². The fourth-order valence-corrected chi connectivity index (χ4v) is 4.60. The maximum Gasteiger partial charge on any atom is 0.243 e. The molecule has 8 heteroatoms. The Hall–Kier alpha value is -5.16. The van der Waals surface area contributed by atoms with Crippen molar-refractivity contribution in [1.82, 2.24) is 19.9 Å². The second-order valence-corrected chi connectivity index (χ2v) is 10.1. The fourth-order valence-electron chi connectivity index (χ4n) is 4.60. The van der Waals surface area contributed by atoms with Gasteiger partial charge in [0.25, 0.3) is 0 Å². The number of hydrogen-bond acceptors (Lipinski definition) is 6. The smallest absolute Gasteiger partial charge is 0.243 e. The molecule has 1 atom stereocenters. The van der Waals surface area contributed by atoms with E-state index in [2.05, 4.69) is 52.4 Å². The number of benzene rings is 3. The van der Waals surface area contributed by atoms with Crippen LogP contribution in [0.1, 0.15) is 29.5 Å². The van der Waals surface area contributed by atoms with Crippen LogP contribution in [0.2, 0.25) is 0 Å². The van der Waals surface area contributed by atoms with Gasteiger partial charge in [0, 0.05) is 37.5 Å². The number of nitrogens with zero attached hydrogens (tertiary/aromatic N) is 4. The van der Waals surface area contributed by atoms with Gasteiger partial charge in [-0.2, -0.15) is 15.2 Å². The van der Waals surface area contributed by atoms with E-state index >= 15 is 0 Å². The summed E-state index contributed by atoms with van der Waals surface area (Å²) in [5.41, 5.74) is 2.55. The van der Waals surface area contributed by atoms with Crippen molar-refractivity contribution in [3.8, 4) is 11.9 Å². The predicted octanol–water partition coefficient (Wildman–Crippen LogP) is 5.21. The summed E-state index contributed by atoms with van der Waals surface area (Å²) in [6.07, 6.45) is 6.54. The lowest BCUT2D eigenvalue weighted by Gasteiger charge is -2.20. The molecule has 2 heterocycles. The van der Waals surface area contributed by atoms with Gasteiger partial charge in [-0.15, -0.1) is 0 Å². The number of carbonyl (C=O) groups is 1. The van der Waals surface area contributed by atoms with Crippen LogP contribution in [0.25, 0.3) is 16.6 Å². The van der Waals surface area contributed by atoms with Crippen LogP contribution in [0.3, 0.4) is 0 Å². The summed E-state index contributed by atoms with van der Waals surface area (Å²) in [4.78, 5) is 23.0. The Morgan fingerprint density at radius 3 is 2.42 bits per heavy atom. The van der Waals surface area contributed by atoms with Gasteiger partial charge in [-0.3, -0.25) is 4.79 Å². The highest BCUT2D eigenvalue weighted by molar-refractivity contribution is 5.86. The number of hydrogen-bond donors (Lipinski definition) is 3. The lowest BCUT2D eigenvalue weighted by atomic mass is 10.0. The first-order chi connectivity index (χ1) is 19.6. The maximum absolute atomic E-state index is 13.6. The second kappa shape index (κ2) is 11.3. The molecular formula is C32H29N7O. The molecule has 0 saturated heterocycles. The van der Waals surface area contributed by atoms with Gasteiger partial charge in [-0.25, -0.2) is 0 Å². The van der Waals surface area contributed by atoms with Crippen LogP contribution in [0.15, 0.2) is 97.3 Å². The third-order valence-electron chi connectivity index (χ3n) is 6.93. The number of rotatable bonds is 10. The van der Waals surface area contributed by atoms with Gasteiger partial charge in [0.15, 0.2) is 0 Å². The van der Waals surface area contributed by atoms with Crippen LogP contribution in [0.5, 0.6) is 0 Å². The summed E-state index contributed by atoms with van der Waals surface area (Å²) in [6, 6.07) is 29.4. The molecule has 3 N–H and O–H groups in total. The molecular weight excluding hydrogens is 498 g/mol. The first-order valence-corrected chi connectivity index (χ1v) is 13.4. The minimum Gasteiger partial charge on any atom is -0.358 e. The zero-order chi connectivity index (χ0) is 27.3. The molecule has 1 aliphatic rings.